The lowest BCUT2D eigenvalue weighted by Crippen LogP contribution is -2.45. The number of carbonyl (C=O) groups is 3. The minimum atomic E-state index is -0.834. The minimum absolute atomic E-state index is 0.00683. The number of carboxylic acids is 1. The Labute approximate surface area is 160 Å². The Kier molecular flexibility index (Phi) is 5.53. The van der Waals surface area contributed by atoms with Gasteiger partial charge in [-0.15, -0.1) is 0 Å². The molecule has 2 amide bonds. The van der Waals surface area contributed by atoms with Crippen LogP contribution in [-0.4, -0.2) is 58.9 Å². The molecule has 2 fully saturated rings. The molecule has 0 aliphatic carbocycles. The lowest BCUT2D eigenvalue weighted by molar-refractivity contribution is -0.151. The van der Waals surface area contributed by atoms with Crippen LogP contribution in [0.3, 0.4) is 0 Å². The molecular formula is C21H28N2O4. The number of carboxylic acid groups (broad SMARTS) is 1. The van der Waals surface area contributed by atoms with E-state index < -0.39 is 11.4 Å². The molecule has 2 saturated heterocycles. The largest absolute Gasteiger partial charge is 0.481 e. The van der Waals surface area contributed by atoms with Gasteiger partial charge in [0.1, 0.15) is 0 Å². The normalized spacial score (nSPS) is 23.7. The molecule has 0 saturated carbocycles. The minimum Gasteiger partial charge on any atom is -0.481 e. The van der Waals surface area contributed by atoms with E-state index in [2.05, 4.69) is 0 Å². The fourth-order valence-corrected chi connectivity index (χ4v) is 4.27. The second-order valence-corrected chi connectivity index (χ2v) is 8.06. The molecule has 1 unspecified atom stereocenters. The van der Waals surface area contributed by atoms with E-state index in [-0.39, 0.29) is 23.7 Å². The molecule has 6 nitrogen and oxygen atoms in total. The van der Waals surface area contributed by atoms with Gasteiger partial charge in [-0.3, -0.25) is 14.4 Å². The highest BCUT2D eigenvalue weighted by molar-refractivity contribution is 5.94. The number of hydrogen-bond donors (Lipinski definition) is 1. The number of rotatable bonds is 4. The number of aliphatic carboxylic acids is 1. The van der Waals surface area contributed by atoms with Crippen LogP contribution in [0.1, 0.15) is 43.5 Å². The van der Waals surface area contributed by atoms with Crippen LogP contribution in [-0.2, 0) is 9.59 Å². The van der Waals surface area contributed by atoms with Crippen LogP contribution >= 0.6 is 0 Å². The topological polar surface area (TPSA) is 77.9 Å². The molecule has 0 aromatic heterocycles. The van der Waals surface area contributed by atoms with Gasteiger partial charge in [0.2, 0.25) is 5.91 Å². The summed E-state index contributed by atoms with van der Waals surface area (Å²) in [7, 11) is 0. The molecule has 0 radical (unpaired) electrons. The molecule has 2 aliphatic heterocycles. The van der Waals surface area contributed by atoms with Crippen molar-refractivity contribution < 1.29 is 19.5 Å². The summed E-state index contributed by atoms with van der Waals surface area (Å²) in [6, 6.07) is 9.19. The molecule has 0 spiro atoms. The standard InChI is InChI=1S/C21H28N2O4/c1-15(2)21(20(26)27)10-13-23(14-21)19(25)17-8-11-22(12-9-17)18(24)16-6-4-3-5-7-16/h3-7,15,17H,8-14H2,1-2H3,(H,26,27). The maximum absolute atomic E-state index is 12.9. The highest BCUT2D eigenvalue weighted by Gasteiger charge is 2.49. The second kappa shape index (κ2) is 7.71. The quantitative estimate of drug-likeness (QED) is 0.881. The Morgan fingerprint density at radius 3 is 2.19 bits per heavy atom. The van der Waals surface area contributed by atoms with E-state index >= 15 is 0 Å². The number of likely N-dealkylation sites (tertiary alicyclic amines) is 2. The van der Waals surface area contributed by atoms with Gasteiger partial charge >= 0.3 is 5.97 Å². The van der Waals surface area contributed by atoms with Crippen molar-refractivity contribution >= 4 is 17.8 Å². The van der Waals surface area contributed by atoms with Crippen molar-refractivity contribution in [1.29, 1.82) is 0 Å². The number of hydrogen-bond acceptors (Lipinski definition) is 3. The average molecular weight is 372 g/mol. The molecule has 0 bridgehead atoms. The van der Waals surface area contributed by atoms with Crippen LogP contribution in [0.2, 0.25) is 0 Å². The maximum Gasteiger partial charge on any atom is 0.311 e. The summed E-state index contributed by atoms with van der Waals surface area (Å²) in [5.74, 6) is -0.895. The van der Waals surface area contributed by atoms with Crippen molar-refractivity contribution in [3.05, 3.63) is 35.9 Å². The number of nitrogens with zero attached hydrogens (tertiary/aromatic N) is 2. The molecule has 1 aromatic rings. The zero-order valence-corrected chi connectivity index (χ0v) is 16.1. The Morgan fingerprint density at radius 2 is 1.67 bits per heavy atom. The van der Waals surface area contributed by atoms with Crippen molar-refractivity contribution in [2.45, 2.75) is 33.1 Å². The van der Waals surface area contributed by atoms with Crippen molar-refractivity contribution in [3.8, 4) is 0 Å². The average Bonchev–Trinajstić information content (AvgIpc) is 3.15. The lowest BCUT2D eigenvalue weighted by atomic mass is 9.76. The zero-order chi connectivity index (χ0) is 19.6. The molecule has 146 valence electrons. The number of piperidine rings is 1. The van der Waals surface area contributed by atoms with Crippen molar-refractivity contribution in [1.82, 2.24) is 9.80 Å². The SMILES string of the molecule is CC(C)C1(C(=O)O)CCN(C(=O)C2CCN(C(=O)c3ccccc3)CC2)C1. The molecule has 27 heavy (non-hydrogen) atoms. The Hall–Kier alpha value is -2.37. The van der Waals surface area contributed by atoms with Gasteiger partial charge in [-0.25, -0.2) is 0 Å². The fraction of sp³-hybridized carbons (Fsp3) is 0.571. The Bertz CT molecular complexity index is 710. The van der Waals surface area contributed by atoms with Crippen LogP contribution in [0.25, 0.3) is 0 Å². The zero-order valence-electron chi connectivity index (χ0n) is 16.1. The molecule has 1 aromatic carbocycles. The predicted octanol–water partition coefficient (Wildman–Crippen LogP) is 2.50. The van der Waals surface area contributed by atoms with E-state index in [0.717, 1.165) is 0 Å². The van der Waals surface area contributed by atoms with Gasteiger partial charge in [0.25, 0.3) is 5.91 Å². The predicted molar refractivity (Wildman–Crippen MR) is 101 cm³/mol. The Morgan fingerprint density at radius 1 is 1.04 bits per heavy atom. The van der Waals surface area contributed by atoms with Crippen molar-refractivity contribution in [3.63, 3.8) is 0 Å². The van der Waals surface area contributed by atoms with Gasteiger partial charge in [-0.2, -0.15) is 0 Å². The summed E-state index contributed by atoms with van der Waals surface area (Å²) >= 11 is 0. The van der Waals surface area contributed by atoms with Crippen molar-refractivity contribution in [2.75, 3.05) is 26.2 Å². The van der Waals surface area contributed by atoms with Gasteiger partial charge in [0, 0.05) is 37.7 Å². The van der Waals surface area contributed by atoms with Crippen LogP contribution < -0.4 is 0 Å². The first-order valence-electron chi connectivity index (χ1n) is 9.71. The third-order valence-corrected chi connectivity index (χ3v) is 6.30. The summed E-state index contributed by atoms with van der Waals surface area (Å²) in [6.45, 7) is 5.75. The van der Waals surface area contributed by atoms with E-state index in [0.29, 0.717) is 51.0 Å². The first kappa shape index (κ1) is 19.4. The third-order valence-electron chi connectivity index (χ3n) is 6.30. The van der Waals surface area contributed by atoms with Crippen molar-refractivity contribution in [2.24, 2.45) is 17.3 Å². The molecule has 1 N–H and O–H groups in total. The monoisotopic (exact) mass is 372 g/mol. The Balaban J connectivity index is 1.58. The summed E-state index contributed by atoms with van der Waals surface area (Å²) < 4.78 is 0. The molecule has 1 atom stereocenters. The number of carbonyl (C=O) groups excluding carboxylic acids is 2. The highest BCUT2D eigenvalue weighted by Crippen LogP contribution is 2.39. The summed E-state index contributed by atoms with van der Waals surface area (Å²) in [4.78, 5) is 40.8. The van der Waals surface area contributed by atoms with Gasteiger partial charge < -0.3 is 14.9 Å². The summed E-state index contributed by atoms with van der Waals surface area (Å²) in [5, 5.41) is 9.67. The van der Waals surface area contributed by atoms with E-state index in [9.17, 15) is 19.5 Å². The van der Waals surface area contributed by atoms with Gasteiger partial charge in [-0.05, 0) is 37.3 Å². The molecule has 3 rings (SSSR count). The van der Waals surface area contributed by atoms with Crippen LogP contribution in [0.4, 0.5) is 0 Å². The van der Waals surface area contributed by atoms with Crippen LogP contribution in [0, 0.1) is 17.3 Å². The van der Waals surface area contributed by atoms with E-state index in [1.807, 2.05) is 32.0 Å². The maximum atomic E-state index is 12.9. The first-order valence-corrected chi connectivity index (χ1v) is 9.71. The van der Waals surface area contributed by atoms with Gasteiger partial charge in [0.05, 0.1) is 5.41 Å². The first-order chi connectivity index (χ1) is 12.8. The molecular weight excluding hydrogens is 344 g/mol. The molecule has 2 heterocycles. The van der Waals surface area contributed by atoms with E-state index in [1.165, 1.54) is 0 Å². The number of amides is 2. The van der Waals surface area contributed by atoms with Crippen LogP contribution in [0.5, 0.6) is 0 Å². The third kappa shape index (κ3) is 3.70. The smallest absolute Gasteiger partial charge is 0.311 e. The fourth-order valence-electron chi connectivity index (χ4n) is 4.27. The van der Waals surface area contributed by atoms with E-state index in [1.54, 1.807) is 21.9 Å². The molecule has 6 heteroatoms. The van der Waals surface area contributed by atoms with Gasteiger partial charge in [0.15, 0.2) is 0 Å². The van der Waals surface area contributed by atoms with Gasteiger partial charge in [-0.1, -0.05) is 32.0 Å². The summed E-state index contributed by atoms with van der Waals surface area (Å²) in [5.41, 5.74) is -0.162. The molecule has 2 aliphatic rings. The van der Waals surface area contributed by atoms with E-state index in [4.69, 9.17) is 0 Å². The highest BCUT2D eigenvalue weighted by atomic mass is 16.4. The summed E-state index contributed by atoms with van der Waals surface area (Å²) in [6.07, 6.45) is 1.78. The number of benzene rings is 1. The van der Waals surface area contributed by atoms with Crippen LogP contribution in [0.15, 0.2) is 30.3 Å². The second-order valence-electron chi connectivity index (χ2n) is 8.06. The lowest BCUT2D eigenvalue weighted by Gasteiger charge is -2.34.